The Morgan fingerprint density at radius 1 is 1.27 bits per heavy atom. The van der Waals surface area contributed by atoms with Gasteiger partial charge in [0.25, 0.3) is 0 Å². The van der Waals surface area contributed by atoms with Crippen LogP contribution in [0.1, 0.15) is 43.2 Å². The number of carbonyl (C=O) groups is 1. The summed E-state index contributed by atoms with van der Waals surface area (Å²) in [4.78, 5) is 12.9. The Labute approximate surface area is 152 Å². The van der Waals surface area contributed by atoms with Gasteiger partial charge in [0, 0.05) is 18.8 Å². The Bertz CT molecular complexity index is 656. The van der Waals surface area contributed by atoms with Crippen LogP contribution in [0.25, 0.3) is 6.08 Å². The Morgan fingerprint density at radius 3 is 2.46 bits per heavy atom. The van der Waals surface area contributed by atoms with Crippen molar-refractivity contribution in [3.05, 3.63) is 42.0 Å². The van der Waals surface area contributed by atoms with Gasteiger partial charge in [0.1, 0.15) is 6.10 Å². The fourth-order valence-corrected chi connectivity index (χ4v) is 3.85. The molecule has 1 heterocycles. The number of halogens is 2. The monoisotopic (exact) mass is 365 g/mol. The van der Waals surface area contributed by atoms with Gasteiger partial charge in [-0.25, -0.2) is 13.6 Å². The number of alkyl halides is 2. The van der Waals surface area contributed by atoms with Gasteiger partial charge in [-0.2, -0.15) is 0 Å². The molecule has 2 aliphatic rings. The number of piperidine rings is 1. The molecular weight excluding hydrogens is 340 g/mol. The largest absolute Gasteiger partial charge is 0.460 e. The maximum Gasteiger partial charge on any atom is 0.343 e. The molecule has 2 N–H and O–H groups in total. The number of rotatable bonds is 5. The normalized spacial score (nSPS) is 25.4. The predicted molar refractivity (Wildman–Crippen MR) is 94.7 cm³/mol. The summed E-state index contributed by atoms with van der Waals surface area (Å²) < 4.78 is 33.1. The molecule has 0 amide bonds. The molecule has 1 saturated carbocycles. The SMILES string of the molecule is C=Cc1ccc([C@@](O)(C(=O)OC2CCNCC2)[C@@H]2CCC(F)(F)C2)cc1. The summed E-state index contributed by atoms with van der Waals surface area (Å²) >= 11 is 0. The van der Waals surface area contributed by atoms with Crippen LogP contribution in [0.15, 0.2) is 30.8 Å². The van der Waals surface area contributed by atoms with Crippen LogP contribution in [0.4, 0.5) is 8.78 Å². The molecular formula is C20H25F2NO3. The average molecular weight is 365 g/mol. The molecule has 2 atom stereocenters. The summed E-state index contributed by atoms with van der Waals surface area (Å²) in [6.45, 7) is 5.13. The van der Waals surface area contributed by atoms with Gasteiger partial charge < -0.3 is 15.2 Å². The zero-order chi connectivity index (χ0) is 18.8. The summed E-state index contributed by atoms with van der Waals surface area (Å²) in [5.74, 6) is -4.56. The quantitative estimate of drug-likeness (QED) is 0.787. The van der Waals surface area contributed by atoms with E-state index in [4.69, 9.17) is 4.74 Å². The third kappa shape index (κ3) is 3.81. The second-order valence-electron chi connectivity index (χ2n) is 7.24. The van der Waals surface area contributed by atoms with E-state index in [0.29, 0.717) is 18.4 Å². The Hall–Kier alpha value is -1.79. The van der Waals surface area contributed by atoms with Gasteiger partial charge in [0.2, 0.25) is 5.92 Å². The van der Waals surface area contributed by atoms with Gasteiger partial charge in [-0.05, 0) is 43.5 Å². The molecule has 2 fully saturated rings. The van der Waals surface area contributed by atoms with E-state index in [-0.39, 0.29) is 18.9 Å². The number of carbonyl (C=O) groups excluding carboxylic acids is 1. The van der Waals surface area contributed by atoms with Gasteiger partial charge in [-0.3, -0.25) is 0 Å². The molecule has 0 unspecified atom stereocenters. The van der Waals surface area contributed by atoms with Crippen LogP contribution in [-0.2, 0) is 15.1 Å². The molecule has 1 aliphatic carbocycles. The zero-order valence-electron chi connectivity index (χ0n) is 14.7. The van der Waals surface area contributed by atoms with Crippen molar-refractivity contribution >= 4 is 12.0 Å². The maximum absolute atomic E-state index is 13.8. The number of benzene rings is 1. The van der Waals surface area contributed by atoms with Crippen LogP contribution in [0.2, 0.25) is 0 Å². The molecule has 1 saturated heterocycles. The Balaban J connectivity index is 1.89. The van der Waals surface area contributed by atoms with Crippen molar-refractivity contribution in [2.24, 2.45) is 5.92 Å². The minimum atomic E-state index is -2.87. The lowest BCUT2D eigenvalue weighted by Gasteiger charge is -2.34. The first-order chi connectivity index (χ1) is 12.3. The maximum atomic E-state index is 13.8. The summed E-state index contributed by atoms with van der Waals surface area (Å²) in [6, 6.07) is 6.60. The molecule has 26 heavy (non-hydrogen) atoms. The van der Waals surface area contributed by atoms with Gasteiger partial charge >= 0.3 is 5.97 Å². The molecule has 1 aliphatic heterocycles. The van der Waals surface area contributed by atoms with Gasteiger partial charge in [0.15, 0.2) is 5.60 Å². The van der Waals surface area contributed by atoms with Crippen LogP contribution in [0.3, 0.4) is 0 Å². The molecule has 4 nitrogen and oxygen atoms in total. The Kier molecular flexibility index (Phi) is 5.44. The number of esters is 1. The minimum Gasteiger partial charge on any atom is -0.460 e. The third-order valence-electron chi connectivity index (χ3n) is 5.45. The molecule has 1 aromatic carbocycles. The van der Waals surface area contributed by atoms with Crippen LogP contribution < -0.4 is 5.32 Å². The molecule has 0 radical (unpaired) electrons. The lowest BCUT2D eigenvalue weighted by atomic mass is 9.79. The highest BCUT2D eigenvalue weighted by Crippen LogP contribution is 2.48. The van der Waals surface area contributed by atoms with Gasteiger partial charge in [-0.15, -0.1) is 0 Å². The van der Waals surface area contributed by atoms with E-state index < -0.39 is 29.8 Å². The molecule has 142 valence electrons. The highest BCUT2D eigenvalue weighted by atomic mass is 19.3. The molecule has 0 spiro atoms. The molecule has 3 rings (SSSR count). The van der Waals surface area contributed by atoms with Gasteiger partial charge in [-0.1, -0.05) is 36.9 Å². The predicted octanol–water partition coefficient (Wildman–Crippen LogP) is 3.25. The van der Waals surface area contributed by atoms with E-state index in [1.165, 1.54) is 0 Å². The highest BCUT2D eigenvalue weighted by Gasteiger charge is 2.54. The first-order valence-corrected chi connectivity index (χ1v) is 9.10. The smallest absolute Gasteiger partial charge is 0.343 e. The van der Waals surface area contributed by atoms with Crippen LogP contribution in [-0.4, -0.2) is 36.2 Å². The van der Waals surface area contributed by atoms with Crippen LogP contribution in [0.5, 0.6) is 0 Å². The lowest BCUT2D eigenvalue weighted by Crippen LogP contribution is -2.46. The molecule has 1 aromatic rings. The first-order valence-electron chi connectivity index (χ1n) is 9.10. The number of hydrogen-bond donors (Lipinski definition) is 2. The van der Waals surface area contributed by atoms with Crippen molar-refractivity contribution in [2.45, 2.75) is 49.7 Å². The number of hydrogen-bond acceptors (Lipinski definition) is 4. The van der Waals surface area contributed by atoms with Crippen LogP contribution >= 0.6 is 0 Å². The summed E-state index contributed by atoms with van der Waals surface area (Å²) in [5.41, 5.74) is -0.950. The average Bonchev–Trinajstić information content (AvgIpc) is 3.02. The Morgan fingerprint density at radius 2 is 1.92 bits per heavy atom. The summed E-state index contributed by atoms with van der Waals surface area (Å²) in [6.07, 6.45) is 1.87. The van der Waals surface area contributed by atoms with Crippen molar-refractivity contribution < 1.29 is 23.4 Å². The zero-order valence-corrected chi connectivity index (χ0v) is 14.7. The molecule has 0 aromatic heterocycles. The second kappa shape index (κ2) is 7.45. The lowest BCUT2D eigenvalue weighted by molar-refractivity contribution is -0.181. The first kappa shape index (κ1) is 19.0. The van der Waals surface area contributed by atoms with Crippen molar-refractivity contribution in [2.75, 3.05) is 13.1 Å². The fraction of sp³-hybridized carbons (Fsp3) is 0.550. The summed E-state index contributed by atoms with van der Waals surface area (Å²) in [5, 5.41) is 14.5. The van der Waals surface area contributed by atoms with Gasteiger partial charge in [0.05, 0.1) is 0 Å². The van der Waals surface area contributed by atoms with Crippen molar-refractivity contribution in [1.29, 1.82) is 0 Å². The van der Waals surface area contributed by atoms with E-state index in [9.17, 15) is 18.7 Å². The van der Waals surface area contributed by atoms with E-state index in [0.717, 1.165) is 18.7 Å². The number of nitrogens with one attached hydrogen (secondary N) is 1. The van der Waals surface area contributed by atoms with E-state index >= 15 is 0 Å². The van der Waals surface area contributed by atoms with E-state index in [2.05, 4.69) is 11.9 Å². The standard InChI is InChI=1S/C20H25F2NO3/c1-2-14-3-5-15(6-4-14)20(25,16-7-10-19(21,22)13-16)18(24)26-17-8-11-23-12-9-17/h2-6,16-17,23,25H,1,7-13H2/t16-,20+/m1/s1. The second-order valence-corrected chi connectivity index (χ2v) is 7.24. The van der Waals surface area contributed by atoms with Crippen molar-refractivity contribution in [1.82, 2.24) is 5.32 Å². The van der Waals surface area contributed by atoms with E-state index in [1.54, 1.807) is 30.3 Å². The molecule has 6 heteroatoms. The number of aliphatic hydroxyl groups is 1. The minimum absolute atomic E-state index is 0.0774. The number of ether oxygens (including phenoxy) is 1. The van der Waals surface area contributed by atoms with Crippen LogP contribution in [0, 0.1) is 5.92 Å². The molecule has 0 bridgehead atoms. The topological polar surface area (TPSA) is 58.6 Å². The van der Waals surface area contributed by atoms with E-state index in [1.807, 2.05) is 0 Å². The fourth-order valence-electron chi connectivity index (χ4n) is 3.85. The third-order valence-corrected chi connectivity index (χ3v) is 5.45. The summed E-state index contributed by atoms with van der Waals surface area (Å²) in [7, 11) is 0. The van der Waals surface area contributed by atoms with Crippen molar-refractivity contribution in [3.63, 3.8) is 0 Å². The highest BCUT2D eigenvalue weighted by molar-refractivity contribution is 5.82. The van der Waals surface area contributed by atoms with Crippen molar-refractivity contribution in [3.8, 4) is 0 Å².